The van der Waals surface area contributed by atoms with Gasteiger partial charge in [0.25, 0.3) is 0 Å². The predicted molar refractivity (Wildman–Crippen MR) is 69.7 cm³/mol. The highest BCUT2D eigenvalue weighted by Gasteiger charge is 2.05. The van der Waals surface area contributed by atoms with Crippen LogP contribution in [-0.2, 0) is 11.2 Å². The minimum Gasteiger partial charge on any atom is -0.481 e. The molecule has 2 amide bonds. The molecule has 5 heteroatoms. The number of aliphatic carboxylic acids is 1. The lowest BCUT2D eigenvalue weighted by molar-refractivity contribution is -0.136. The van der Waals surface area contributed by atoms with E-state index in [2.05, 4.69) is 10.6 Å². The molecule has 0 spiro atoms. The molecule has 0 aliphatic heterocycles. The fraction of sp³-hybridized carbons (Fsp3) is 0.385. The lowest BCUT2D eigenvalue weighted by Crippen LogP contribution is -2.35. The first kappa shape index (κ1) is 14.0. The van der Waals surface area contributed by atoms with E-state index in [1.54, 1.807) is 24.3 Å². The Balaban J connectivity index is 2.53. The summed E-state index contributed by atoms with van der Waals surface area (Å²) in [5.74, 6) is -0.870. The van der Waals surface area contributed by atoms with Gasteiger partial charge in [-0.25, -0.2) is 4.79 Å². The largest absolute Gasteiger partial charge is 0.481 e. The van der Waals surface area contributed by atoms with E-state index in [-0.39, 0.29) is 18.5 Å². The number of carboxylic acids is 1. The Morgan fingerprint density at radius 2 is 1.89 bits per heavy atom. The van der Waals surface area contributed by atoms with E-state index in [9.17, 15) is 9.59 Å². The quantitative estimate of drug-likeness (QED) is 0.749. The van der Waals surface area contributed by atoms with Gasteiger partial charge >= 0.3 is 12.0 Å². The summed E-state index contributed by atoms with van der Waals surface area (Å²) in [5, 5.41) is 14.1. The number of rotatable bonds is 5. The number of hydrogen-bond acceptors (Lipinski definition) is 2. The molecule has 0 aliphatic carbocycles. The highest BCUT2D eigenvalue weighted by Crippen LogP contribution is 2.10. The van der Waals surface area contributed by atoms with Crippen LogP contribution in [0, 0.1) is 0 Å². The molecule has 1 aromatic carbocycles. The number of hydrogen-bond donors (Lipinski definition) is 3. The maximum atomic E-state index is 11.5. The summed E-state index contributed by atoms with van der Waals surface area (Å²) in [5.41, 5.74) is 1.35. The van der Waals surface area contributed by atoms with Crippen LogP contribution >= 0.6 is 0 Å². The minimum atomic E-state index is -0.870. The number of amides is 2. The third kappa shape index (κ3) is 4.86. The molecule has 0 saturated carbocycles. The van der Waals surface area contributed by atoms with Gasteiger partial charge in [-0.2, -0.15) is 0 Å². The van der Waals surface area contributed by atoms with Gasteiger partial charge in [-0.3, -0.25) is 4.79 Å². The summed E-state index contributed by atoms with van der Waals surface area (Å²) in [7, 11) is 0. The summed E-state index contributed by atoms with van der Waals surface area (Å²) in [4.78, 5) is 22.0. The zero-order valence-electron chi connectivity index (χ0n) is 10.6. The first-order chi connectivity index (χ1) is 8.51. The molecule has 0 heterocycles. The molecule has 18 heavy (non-hydrogen) atoms. The molecule has 0 radical (unpaired) electrons. The Hall–Kier alpha value is -2.04. The van der Waals surface area contributed by atoms with Gasteiger partial charge in [0.1, 0.15) is 0 Å². The second-order valence-electron chi connectivity index (χ2n) is 4.18. The SMILES string of the molecule is CCC(C)NC(=O)Nc1ccc(CC(=O)O)cc1. The van der Waals surface area contributed by atoms with Crippen molar-refractivity contribution in [1.82, 2.24) is 5.32 Å². The first-order valence-corrected chi connectivity index (χ1v) is 5.89. The number of nitrogens with one attached hydrogen (secondary N) is 2. The van der Waals surface area contributed by atoms with E-state index in [1.165, 1.54) is 0 Å². The normalized spacial score (nSPS) is 11.7. The minimum absolute atomic E-state index is 0.0145. The van der Waals surface area contributed by atoms with Crippen LogP contribution in [0.2, 0.25) is 0 Å². The maximum absolute atomic E-state index is 11.5. The summed E-state index contributed by atoms with van der Waals surface area (Å²) in [6.45, 7) is 3.92. The van der Waals surface area contributed by atoms with Crippen molar-refractivity contribution in [3.05, 3.63) is 29.8 Å². The van der Waals surface area contributed by atoms with Crippen molar-refractivity contribution in [1.29, 1.82) is 0 Å². The van der Waals surface area contributed by atoms with Crippen LogP contribution in [0.1, 0.15) is 25.8 Å². The van der Waals surface area contributed by atoms with Crippen LogP contribution in [0.4, 0.5) is 10.5 Å². The van der Waals surface area contributed by atoms with Crippen LogP contribution in [0.25, 0.3) is 0 Å². The standard InChI is InChI=1S/C13H18N2O3/c1-3-9(2)14-13(18)15-11-6-4-10(5-7-11)8-12(16)17/h4-7,9H,3,8H2,1-2H3,(H,16,17)(H2,14,15,18). The number of anilines is 1. The number of benzene rings is 1. The van der Waals surface area contributed by atoms with Gasteiger partial charge < -0.3 is 15.7 Å². The lowest BCUT2D eigenvalue weighted by atomic mass is 10.1. The van der Waals surface area contributed by atoms with Gasteiger partial charge in [0.2, 0.25) is 0 Å². The summed E-state index contributed by atoms with van der Waals surface area (Å²) in [6.07, 6.45) is 0.852. The van der Waals surface area contributed by atoms with Crippen LogP contribution in [-0.4, -0.2) is 23.1 Å². The molecule has 98 valence electrons. The summed E-state index contributed by atoms with van der Waals surface area (Å²) >= 11 is 0. The molecule has 3 N–H and O–H groups in total. The number of urea groups is 1. The zero-order chi connectivity index (χ0) is 13.5. The molecule has 1 aromatic rings. The topological polar surface area (TPSA) is 78.4 Å². The van der Waals surface area contributed by atoms with E-state index < -0.39 is 5.97 Å². The molecular formula is C13H18N2O3. The Labute approximate surface area is 106 Å². The number of carboxylic acid groups (broad SMARTS) is 1. The molecule has 0 aliphatic rings. The van der Waals surface area contributed by atoms with Gasteiger partial charge in [-0.05, 0) is 31.0 Å². The third-order valence-electron chi connectivity index (χ3n) is 2.56. The molecule has 1 rings (SSSR count). The number of carbonyl (C=O) groups is 2. The van der Waals surface area contributed by atoms with Gasteiger partial charge in [0.15, 0.2) is 0 Å². The van der Waals surface area contributed by atoms with E-state index >= 15 is 0 Å². The molecular weight excluding hydrogens is 232 g/mol. The van der Waals surface area contributed by atoms with Crippen molar-refractivity contribution in [2.24, 2.45) is 0 Å². The van der Waals surface area contributed by atoms with Crippen LogP contribution in [0.5, 0.6) is 0 Å². The maximum Gasteiger partial charge on any atom is 0.319 e. The van der Waals surface area contributed by atoms with Crippen LogP contribution < -0.4 is 10.6 Å². The molecule has 5 nitrogen and oxygen atoms in total. The number of carbonyl (C=O) groups excluding carboxylic acids is 1. The average Bonchev–Trinajstić information content (AvgIpc) is 2.30. The second-order valence-corrected chi connectivity index (χ2v) is 4.18. The van der Waals surface area contributed by atoms with Gasteiger partial charge in [-0.15, -0.1) is 0 Å². The van der Waals surface area contributed by atoms with Crippen LogP contribution in [0.15, 0.2) is 24.3 Å². The van der Waals surface area contributed by atoms with Crippen molar-refractivity contribution < 1.29 is 14.7 Å². The Morgan fingerprint density at radius 3 is 2.39 bits per heavy atom. The van der Waals surface area contributed by atoms with Crippen LogP contribution in [0.3, 0.4) is 0 Å². The van der Waals surface area contributed by atoms with Gasteiger partial charge in [-0.1, -0.05) is 19.1 Å². The van der Waals surface area contributed by atoms with Crippen molar-refractivity contribution >= 4 is 17.7 Å². The molecule has 0 fully saturated rings. The van der Waals surface area contributed by atoms with E-state index in [0.717, 1.165) is 6.42 Å². The summed E-state index contributed by atoms with van der Waals surface area (Å²) < 4.78 is 0. The van der Waals surface area contributed by atoms with Crippen molar-refractivity contribution in [3.8, 4) is 0 Å². The van der Waals surface area contributed by atoms with Crippen molar-refractivity contribution in [2.75, 3.05) is 5.32 Å². The predicted octanol–water partition coefficient (Wildman–Crippen LogP) is 2.23. The van der Waals surface area contributed by atoms with E-state index in [0.29, 0.717) is 11.3 Å². The Bertz CT molecular complexity index is 415. The smallest absolute Gasteiger partial charge is 0.319 e. The molecule has 1 atom stereocenters. The monoisotopic (exact) mass is 250 g/mol. The fourth-order valence-electron chi connectivity index (χ4n) is 1.37. The highest BCUT2D eigenvalue weighted by molar-refractivity contribution is 5.89. The van der Waals surface area contributed by atoms with Gasteiger partial charge in [0.05, 0.1) is 6.42 Å². The molecule has 0 bridgehead atoms. The molecule has 0 aromatic heterocycles. The zero-order valence-corrected chi connectivity index (χ0v) is 10.6. The van der Waals surface area contributed by atoms with E-state index in [4.69, 9.17) is 5.11 Å². The fourth-order valence-corrected chi connectivity index (χ4v) is 1.37. The average molecular weight is 250 g/mol. The van der Waals surface area contributed by atoms with Crippen molar-refractivity contribution in [2.45, 2.75) is 32.7 Å². The third-order valence-corrected chi connectivity index (χ3v) is 2.56. The highest BCUT2D eigenvalue weighted by atomic mass is 16.4. The molecule has 0 saturated heterocycles. The van der Waals surface area contributed by atoms with E-state index in [1.807, 2.05) is 13.8 Å². The lowest BCUT2D eigenvalue weighted by Gasteiger charge is -2.12. The van der Waals surface area contributed by atoms with Gasteiger partial charge in [0, 0.05) is 11.7 Å². The first-order valence-electron chi connectivity index (χ1n) is 5.89. The Kier molecular flexibility index (Phi) is 5.17. The summed E-state index contributed by atoms with van der Waals surface area (Å²) in [6, 6.07) is 6.62. The Morgan fingerprint density at radius 1 is 1.28 bits per heavy atom. The molecule has 1 unspecified atom stereocenters. The second kappa shape index (κ2) is 6.64. The van der Waals surface area contributed by atoms with Crippen molar-refractivity contribution in [3.63, 3.8) is 0 Å².